The molecule has 1 aromatic heterocycles. The topological polar surface area (TPSA) is 543 Å². The van der Waals surface area contributed by atoms with Gasteiger partial charge < -0.3 is 79.8 Å². The number of phenols is 1. The number of ketones is 5. The lowest BCUT2D eigenvalue weighted by Gasteiger charge is -2.33. The van der Waals surface area contributed by atoms with Crippen LogP contribution in [0.15, 0.2) is 54.7 Å². The van der Waals surface area contributed by atoms with E-state index in [1.54, 1.807) is 44.3 Å². The van der Waals surface area contributed by atoms with Crippen LogP contribution in [0.25, 0.3) is 10.9 Å². The number of hydrazine groups is 1. The highest BCUT2D eigenvalue weighted by Crippen LogP contribution is 2.31. The number of carboxylic acids is 1. The van der Waals surface area contributed by atoms with Crippen LogP contribution in [0, 0.1) is 40.9 Å². The zero-order chi connectivity index (χ0) is 83.9. The normalized spacial score (nSPS) is 22.7. The van der Waals surface area contributed by atoms with Gasteiger partial charge in [-0.2, -0.15) is 0 Å². The molecule has 4 unspecified atom stereocenters. The Bertz CT molecular complexity index is 4080. The number of aromatic hydroxyl groups is 1. The minimum absolute atomic E-state index is 0.0941. The van der Waals surface area contributed by atoms with Crippen molar-refractivity contribution in [1.29, 1.82) is 0 Å². The fourth-order valence-electron chi connectivity index (χ4n) is 12.1. The number of fused-ring (bicyclic) bond motifs is 1. The third-order valence-electron chi connectivity index (χ3n) is 18.9. The van der Waals surface area contributed by atoms with Crippen LogP contribution >= 0.6 is 0 Å². The van der Waals surface area contributed by atoms with Crippen molar-refractivity contribution in [3.63, 3.8) is 0 Å². The first-order valence-electron chi connectivity index (χ1n) is 37.3. The molecule has 34 heteroatoms. The average Bonchev–Trinajstić information content (AvgIpc) is 1.18. The van der Waals surface area contributed by atoms with E-state index < -0.39 is 197 Å². The minimum Gasteiger partial charge on any atom is -0.508 e. The summed E-state index contributed by atoms with van der Waals surface area (Å²) in [4.78, 5) is 235. The number of hydrogen-bond donors (Lipinski definition) is 17. The molecule has 0 spiro atoms. The summed E-state index contributed by atoms with van der Waals surface area (Å²) < 4.78 is 0. The molecular weight excluding hydrogens is 1450 g/mol. The fraction of sp³-hybridized carbons (Fsp3) is 0.551. The number of nitrogens with two attached hydrogens (primary N) is 2. The predicted octanol–water partition coefficient (Wildman–Crippen LogP) is -0.368. The molecule has 2 aromatic carbocycles. The van der Waals surface area contributed by atoms with Gasteiger partial charge in [0.25, 0.3) is 0 Å². The van der Waals surface area contributed by atoms with E-state index in [1.807, 2.05) is 0 Å². The fourth-order valence-corrected chi connectivity index (χ4v) is 12.1. The third kappa shape index (κ3) is 30.2. The second-order valence-corrected chi connectivity index (χ2v) is 29.4. The molecule has 0 fully saturated rings. The molecule has 0 bridgehead atoms. The summed E-state index contributed by atoms with van der Waals surface area (Å²) >= 11 is 0. The van der Waals surface area contributed by atoms with Crippen molar-refractivity contribution in [2.24, 2.45) is 28.7 Å². The Morgan fingerprint density at radius 1 is 0.589 bits per heavy atom. The molecule has 2 heterocycles. The number of primary amides is 2. The van der Waals surface area contributed by atoms with Crippen molar-refractivity contribution in [2.45, 2.75) is 251 Å². The number of rotatable bonds is 29. The van der Waals surface area contributed by atoms with Crippen LogP contribution in [0.5, 0.6) is 5.75 Å². The maximum absolute atomic E-state index is 15.0. The van der Waals surface area contributed by atoms with Gasteiger partial charge in [0.1, 0.15) is 53.3 Å². The Morgan fingerprint density at radius 2 is 1.12 bits per heavy atom. The molecule has 14 atom stereocenters. The van der Waals surface area contributed by atoms with Crippen molar-refractivity contribution in [1.82, 2.24) is 69.0 Å². The SMILES string of the molecule is CC(=O)C[C@]1(C)CCCCC#CC#CCCC[C@@](C)(C(=O)NC(C)C(=O)N[C@@H](C)C(=O)NC(C)C(=O)N[C@@H](C)C(=O)C(=O)[C@H](C)NN[C@H](C)C(N)=O)NC(=O)[C@H](CC(C)C)CN[C@@H](CCC(N)=O)C(=O)C(=O)C(C)NC(=O)[C@H](Cc2c[nH]c3ccccc23)NC(=O)C(Cc2ccc(O)cc2)NC(=O)[C@H](CCC(=O)O)NC1=O. The van der Waals surface area contributed by atoms with E-state index in [9.17, 15) is 91.7 Å². The molecule has 1 aliphatic heterocycles. The second-order valence-electron chi connectivity index (χ2n) is 29.4. The van der Waals surface area contributed by atoms with Crippen molar-refractivity contribution in [3.8, 4) is 29.4 Å². The van der Waals surface area contributed by atoms with Gasteiger partial charge >= 0.3 is 5.97 Å². The standard InChI is InChI=1S/C78H109N15O19/c1-42(2)36-53-41-82-57(30-32-61(79)96)66(102)64(100)45(5)84-73(109)60(38-52-40-81-56-25-21-20-24-55(52)56)89-74(110)59(37-51-26-28-54(95)29-27-51)88-72(108)58(31-33-62(97)98)90-75(111)77(11,39-43(3)94)34-22-18-16-14-13-15-17-19-23-35-78(12,91-71(53)107)76(112)87-50(10)70(106)86-49(9)69(105)85-48(8)68(104)83-44(4)63(99)65(101)46(6)92-93-47(7)67(80)103/h20-21,24-29,40,42,44-50,53,57-60,81-82,92-93,95H,16,18-19,22-23,30-39,41H2,1-12H3,(H2,79,96)(H2,80,103)(H,83,104)(H,84,109)(H,85,105)(H,86,106)(H,87,112)(H,88,108)(H,89,110)(H,90,111)(H,91,107)(H,97,98)/t44-,45?,46-,47+,48?,49-,50?,53+,57-,58-,59?,60-,77-,78-/m0/s1. The minimum atomic E-state index is -1.85. The van der Waals surface area contributed by atoms with Crippen molar-refractivity contribution < 1.29 is 91.7 Å². The van der Waals surface area contributed by atoms with Gasteiger partial charge in [-0.1, -0.05) is 69.4 Å². The molecule has 0 radical (unpaired) electrons. The van der Waals surface area contributed by atoms with Crippen LogP contribution < -0.4 is 75.5 Å². The van der Waals surface area contributed by atoms with Crippen LogP contribution in [0.4, 0.5) is 0 Å². The molecule has 4 rings (SSSR count). The zero-order valence-corrected chi connectivity index (χ0v) is 65.5. The summed E-state index contributed by atoms with van der Waals surface area (Å²) in [5, 5.41) is 46.8. The first-order chi connectivity index (χ1) is 52.6. The Hall–Kier alpha value is -11.2. The van der Waals surface area contributed by atoms with Gasteiger partial charge in [-0.05, 0) is 154 Å². The maximum atomic E-state index is 15.0. The van der Waals surface area contributed by atoms with Crippen LogP contribution in [0.2, 0.25) is 0 Å². The number of carbonyl (C=O) groups is 17. The number of benzene rings is 2. The van der Waals surface area contributed by atoms with Crippen molar-refractivity contribution in [3.05, 3.63) is 65.9 Å². The number of Topliss-reactive ketones (excluding diaryl/α,β-unsaturated/α-hetero) is 5. The molecule has 3 aromatic rings. The Kier molecular flexibility index (Phi) is 37.1. The molecule has 0 aliphatic carbocycles. The molecule has 0 saturated carbocycles. The number of carboxylic acid groups (broad SMARTS) is 1. The number of carbonyl (C=O) groups excluding carboxylic acids is 16. The third-order valence-corrected chi connectivity index (χ3v) is 18.9. The number of H-pyrrole nitrogens is 1. The van der Waals surface area contributed by atoms with Gasteiger partial charge in [0, 0.05) is 68.6 Å². The monoisotopic (exact) mass is 1560 g/mol. The highest BCUT2D eigenvalue weighted by molar-refractivity contribution is 6.41. The van der Waals surface area contributed by atoms with Gasteiger partial charge in [0.15, 0.2) is 0 Å². The van der Waals surface area contributed by atoms with E-state index in [2.05, 4.69) is 92.7 Å². The van der Waals surface area contributed by atoms with Gasteiger partial charge in [0.05, 0.1) is 41.5 Å². The summed E-state index contributed by atoms with van der Waals surface area (Å²) in [6.07, 6.45) is 0.104. The molecule has 0 saturated heterocycles. The van der Waals surface area contributed by atoms with E-state index in [-0.39, 0.29) is 88.2 Å². The number of aromatic nitrogens is 1. The van der Waals surface area contributed by atoms with Gasteiger partial charge in [-0.3, -0.25) is 81.5 Å². The van der Waals surface area contributed by atoms with E-state index in [4.69, 9.17) is 11.5 Å². The number of hydrogen-bond acceptors (Lipinski definition) is 21. The first-order valence-corrected chi connectivity index (χ1v) is 37.3. The number of para-hydroxylation sites is 1. The second kappa shape index (κ2) is 44.6. The number of amides is 11. The first kappa shape index (κ1) is 93.2. The lowest BCUT2D eigenvalue weighted by molar-refractivity contribution is -0.140. The summed E-state index contributed by atoms with van der Waals surface area (Å²) in [6.45, 7) is 16.5. The van der Waals surface area contributed by atoms with Crippen molar-refractivity contribution in [2.75, 3.05) is 6.54 Å². The van der Waals surface area contributed by atoms with Crippen LogP contribution in [-0.4, -0.2) is 194 Å². The Morgan fingerprint density at radius 3 is 1.71 bits per heavy atom. The van der Waals surface area contributed by atoms with Gasteiger partial charge in [0.2, 0.25) is 88.1 Å². The van der Waals surface area contributed by atoms with Crippen LogP contribution in [0.3, 0.4) is 0 Å². The molecular formula is C78H109N15O19. The molecule has 1 aliphatic rings. The number of nitrogens with one attached hydrogen (secondary N) is 13. The molecule has 34 nitrogen and oxygen atoms in total. The molecule has 11 amide bonds. The van der Waals surface area contributed by atoms with E-state index in [1.165, 1.54) is 93.5 Å². The molecule has 19 N–H and O–H groups in total. The maximum Gasteiger partial charge on any atom is 0.303 e. The van der Waals surface area contributed by atoms with Crippen molar-refractivity contribution >= 4 is 111 Å². The summed E-state index contributed by atoms with van der Waals surface area (Å²) in [6, 6.07) is -2.90. The summed E-state index contributed by atoms with van der Waals surface area (Å²) in [5.41, 5.74) is 14.0. The van der Waals surface area contributed by atoms with Crippen LogP contribution in [0.1, 0.15) is 178 Å². The smallest absolute Gasteiger partial charge is 0.303 e. The summed E-state index contributed by atoms with van der Waals surface area (Å²) in [7, 11) is 0. The van der Waals surface area contributed by atoms with Crippen LogP contribution in [-0.2, 0) is 94.3 Å². The Balaban J connectivity index is 1.73. The van der Waals surface area contributed by atoms with Gasteiger partial charge in [-0.15, -0.1) is 0 Å². The average molecular weight is 1560 g/mol. The Labute approximate surface area is 650 Å². The predicted molar refractivity (Wildman–Crippen MR) is 410 cm³/mol. The summed E-state index contributed by atoms with van der Waals surface area (Å²) in [5.74, 6) is -5.70. The largest absolute Gasteiger partial charge is 0.508 e. The lowest BCUT2D eigenvalue weighted by Crippen LogP contribution is -2.62. The van der Waals surface area contributed by atoms with Gasteiger partial charge in [-0.25, -0.2) is 10.9 Å². The molecule has 112 heavy (non-hydrogen) atoms. The highest BCUT2D eigenvalue weighted by atomic mass is 16.4. The highest BCUT2D eigenvalue weighted by Gasteiger charge is 2.42. The number of aromatic amines is 1. The quantitative estimate of drug-likeness (QED) is 0.0239. The number of aliphatic carboxylic acids is 1. The lowest BCUT2D eigenvalue weighted by atomic mass is 9.79. The number of phenolic OH excluding ortho intramolecular Hbond substituents is 1. The molecule has 610 valence electrons. The van der Waals surface area contributed by atoms with E-state index in [0.717, 1.165) is 0 Å². The zero-order valence-electron chi connectivity index (χ0n) is 65.5. The van der Waals surface area contributed by atoms with E-state index in [0.29, 0.717) is 34.9 Å². The van der Waals surface area contributed by atoms with E-state index >= 15 is 0 Å².